The molecule has 3 rings (SSSR count). The lowest BCUT2D eigenvalue weighted by molar-refractivity contribution is 0.307. The molecule has 1 aromatic carbocycles. The molecule has 142 valence electrons. The zero-order valence-corrected chi connectivity index (χ0v) is 17.5. The van der Waals surface area contributed by atoms with Crippen molar-refractivity contribution in [2.75, 3.05) is 19.4 Å². The van der Waals surface area contributed by atoms with Crippen molar-refractivity contribution < 1.29 is 0 Å². The van der Waals surface area contributed by atoms with E-state index in [1.165, 1.54) is 65.6 Å². The summed E-state index contributed by atoms with van der Waals surface area (Å²) in [6.45, 7) is 12.1. The second kappa shape index (κ2) is 9.89. The topological polar surface area (TPSA) is 27.3 Å². The maximum atomic E-state index is 4.03. The maximum Gasteiger partial charge on any atom is 0.106 e. The Kier molecular flexibility index (Phi) is 7.85. The van der Waals surface area contributed by atoms with E-state index in [0.717, 1.165) is 18.3 Å². The fraction of sp³-hybridized carbons (Fsp3) is 0.455. The van der Waals surface area contributed by atoms with Gasteiger partial charge in [0.05, 0.1) is 0 Å². The van der Waals surface area contributed by atoms with Gasteiger partial charge in [-0.15, -0.1) is 0 Å². The number of hydrogen-bond acceptors (Lipinski definition) is 4. The van der Waals surface area contributed by atoms with Crippen molar-refractivity contribution >= 4 is 23.7 Å². The highest BCUT2D eigenvalue weighted by atomic mass is 32.2. The molecule has 0 spiro atoms. The molecule has 3 nitrogen and oxygen atoms in total. The van der Waals surface area contributed by atoms with Crippen LogP contribution >= 0.6 is 11.9 Å². The van der Waals surface area contributed by atoms with Crippen LogP contribution in [-0.4, -0.2) is 25.0 Å². The summed E-state index contributed by atoms with van der Waals surface area (Å²) in [4.78, 5) is 2.22. The summed E-state index contributed by atoms with van der Waals surface area (Å²) in [6, 6.07) is 3.10. The summed E-state index contributed by atoms with van der Waals surface area (Å²) in [5.41, 5.74) is 7.03. The molecule has 2 aliphatic carbocycles. The molecule has 0 amide bonds. The van der Waals surface area contributed by atoms with E-state index in [2.05, 4.69) is 74.3 Å². The lowest BCUT2D eigenvalue weighted by atomic mass is 9.98. The van der Waals surface area contributed by atoms with Crippen molar-refractivity contribution in [1.29, 1.82) is 0 Å². The summed E-state index contributed by atoms with van der Waals surface area (Å²) in [5.74, 6) is 0.819. The first-order valence-electron chi connectivity index (χ1n) is 9.47. The van der Waals surface area contributed by atoms with Gasteiger partial charge in [-0.25, -0.2) is 0 Å². The summed E-state index contributed by atoms with van der Waals surface area (Å²) < 4.78 is 3.14. The van der Waals surface area contributed by atoms with Crippen LogP contribution in [0.15, 0.2) is 36.5 Å². The normalized spacial score (nSPS) is 15.0. The monoisotopic (exact) mass is 371 g/mol. The van der Waals surface area contributed by atoms with Crippen LogP contribution in [0.1, 0.15) is 48.9 Å². The second-order valence-corrected chi connectivity index (χ2v) is 7.90. The van der Waals surface area contributed by atoms with Crippen LogP contribution < -0.4 is 10.0 Å². The van der Waals surface area contributed by atoms with Crippen LogP contribution in [0, 0.1) is 0 Å². The second-order valence-electron chi connectivity index (χ2n) is 7.13. The third-order valence-corrected chi connectivity index (χ3v) is 5.71. The number of hydrogen-bond donors (Lipinski definition) is 2. The van der Waals surface area contributed by atoms with Gasteiger partial charge in [0.15, 0.2) is 0 Å². The van der Waals surface area contributed by atoms with E-state index in [-0.39, 0.29) is 0 Å². The molecule has 26 heavy (non-hydrogen) atoms. The molecule has 0 bridgehead atoms. The van der Waals surface area contributed by atoms with E-state index in [9.17, 15) is 0 Å². The van der Waals surface area contributed by atoms with Crippen LogP contribution in [0.3, 0.4) is 0 Å². The molecule has 1 aromatic rings. The first-order valence-corrected chi connectivity index (χ1v) is 10.3. The van der Waals surface area contributed by atoms with Crippen LogP contribution in [0.25, 0.3) is 6.08 Å². The van der Waals surface area contributed by atoms with E-state index < -0.39 is 0 Å². The number of allylic oxidation sites excluding steroid dienone is 1. The third-order valence-electron chi connectivity index (χ3n) is 5.18. The molecule has 0 heterocycles. The number of benzene rings is 1. The molecule has 0 saturated heterocycles. The average Bonchev–Trinajstić information content (AvgIpc) is 3.28. The maximum absolute atomic E-state index is 4.03. The molecule has 1 atom stereocenters. The molecule has 0 radical (unpaired) electrons. The van der Waals surface area contributed by atoms with E-state index in [4.69, 9.17) is 0 Å². The van der Waals surface area contributed by atoms with Crippen molar-refractivity contribution in [2.45, 2.75) is 52.0 Å². The first-order chi connectivity index (χ1) is 12.5. The van der Waals surface area contributed by atoms with Gasteiger partial charge in [-0.3, -0.25) is 0 Å². The summed E-state index contributed by atoms with van der Waals surface area (Å²) in [5, 5.41) is 5.22. The fourth-order valence-electron chi connectivity index (χ4n) is 3.29. The summed E-state index contributed by atoms with van der Waals surface area (Å²) in [6.07, 6.45) is 10.4. The largest absolute Gasteiger partial charge is 0.341 e. The smallest absolute Gasteiger partial charge is 0.106 e. The highest BCUT2D eigenvalue weighted by Gasteiger charge is 2.22. The average molecular weight is 372 g/mol. The van der Waals surface area contributed by atoms with Crippen LogP contribution in [-0.2, 0) is 19.3 Å². The van der Waals surface area contributed by atoms with Crippen LogP contribution in [0.4, 0.5) is 5.69 Å². The summed E-state index contributed by atoms with van der Waals surface area (Å²) >= 11 is 1.44. The molecule has 1 unspecified atom stereocenters. The SMILES string of the molecule is C=CSNC(=C)Nc1c2c(cc3c1CCC3)C=CC2.CCC(C)N(C)C. The number of anilines is 1. The molecular formula is C22H33N3S. The molecule has 0 aromatic heterocycles. The van der Waals surface area contributed by atoms with Crippen molar-refractivity contribution in [2.24, 2.45) is 0 Å². The Balaban J connectivity index is 0.000000298. The Morgan fingerprint density at radius 2 is 2.12 bits per heavy atom. The molecule has 0 fully saturated rings. The third kappa shape index (κ3) is 5.18. The lowest BCUT2D eigenvalue weighted by Gasteiger charge is -2.18. The molecule has 0 saturated carbocycles. The van der Waals surface area contributed by atoms with Crippen LogP contribution in [0.5, 0.6) is 0 Å². The van der Waals surface area contributed by atoms with Gasteiger partial charge in [-0.05, 0) is 92.7 Å². The van der Waals surface area contributed by atoms with Crippen LogP contribution in [0.2, 0.25) is 0 Å². The van der Waals surface area contributed by atoms with E-state index in [1.54, 1.807) is 5.41 Å². The zero-order chi connectivity index (χ0) is 19.1. The van der Waals surface area contributed by atoms with Gasteiger partial charge >= 0.3 is 0 Å². The predicted octanol–water partition coefficient (Wildman–Crippen LogP) is 5.36. The minimum Gasteiger partial charge on any atom is -0.341 e. The standard InChI is InChI=1S/C16H18N2S.C6H15N/c1-3-19-18-11(2)17-16-14-8-4-6-12(14)10-13-7-5-9-15(13)16;1-5-6(2)7(3)4/h3-4,6,10,17-18H,1-2,5,7-9H2;6H,5H2,1-4H3. The quantitative estimate of drug-likeness (QED) is 0.631. The molecule has 2 N–H and O–H groups in total. The van der Waals surface area contributed by atoms with Crippen molar-refractivity contribution in [1.82, 2.24) is 9.62 Å². The van der Waals surface area contributed by atoms with Gasteiger partial charge in [-0.1, -0.05) is 38.3 Å². The number of fused-ring (bicyclic) bond motifs is 2. The molecule has 0 aliphatic heterocycles. The van der Waals surface area contributed by atoms with Gasteiger partial charge in [0.2, 0.25) is 0 Å². The van der Waals surface area contributed by atoms with Gasteiger partial charge in [-0.2, -0.15) is 0 Å². The van der Waals surface area contributed by atoms with Gasteiger partial charge in [0.1, 0.15) is 5.82 Å². The zero-order valence-electron chi connectivity index (χ0n) is 16.7. The van der Waals surface area contributed by atoms with E-state index in [1.807, 2.05) is 0 Å². The van der Waals surface area contributed by atoms with Gasteiger partial charge in [0.25, 0.3) is 0 Å². The van der Waals surface area contributed by atoms with Crippen molar-refractivity contribution in [3.63, 3.8) is 0 Å². The van der Waals surface area contributed by atoms with Crippen molar-refractivity contribution in [3.8, 4) is 0 Å². The summed E-state index contributed by atoms with van der Waals surface area (Å²) in [7, 11) is 4.21. The minimum absolute atomic E-state index is 0.736. The molecule has 2 aliphatic rings. The highest BCUT2D eigenvalue weighted by Crippen LogP contribution is 2.38. The van der Waals surface area contributed by atoms with Crippen molar-refractivity contribution in [3.05, 3.63) is 58.8 Å². The number of rotatable bonds is 7. The first kappa shape index (κ1) is 20.7. The molecule has 4 heteroatoms. The van der Waals surface area contributed by atoms with Gasteiger partial charge in [0, 0.05) is 11.7 Å². The molecular weight excluding hydrogens is 338 g/mol. The van der Waals surface area contributed by atoms with E-state index in [0.29, 0.717) is 0 Å². The number of aryl methyl sites for hydroxylation is 1. The minimum atomic E-state index is 0.736. The highest BCUT2D eigenvalue weighted by molar-refractivity contribution is 8.00. The Hall–Kier alpha value is -1.65. The predicted molar refractivity (Wildman–Crippen MR) is 118 cm³/mol. The number of nitrogens with zero attached hydrogens (tertiary/aromatic N) is 1. The Labute approximate surface area is 163 Å². The van der Waals surface area contributed by atoms with E-state index >= 15 is 0 Å². The Morgan fingerprint density at radius 3 is 2.73 bits per heavy atom. The lowest BCUT2D eigenvalue weighted by Crippen LogP contribution is -2.23. The fourth-order valence-corrected chi connectivity index (χ4v) is 3.57. The van der Waals surface area contributed by atoms with Gasteiger partial charge < -0.3 is 14.9 Å². The Bertz CT molecular complexity index is 673. The Morgan fingerprint density at radius 1 is 1.35 bits per heavy atom. The number of nitrogens with one attached hydrogen (secondary N) is 2.